The van der Waals surface area contributed by atoms with Gasteiger partial charge in [0.05, 0.1) is 22.5 Å². The lowest BCUT2D eigenvalue weighted by Gasteiger charge is -2.08. The lowest BCUT2D eigenvalue weighted by atomic mass is 10.2. The largest absolute Gasteiger partial charge is 0.298 e. The SMILES string of the molecule is O=C(Nc1nc(-c2ccc(F)cc2)cs1)c1ccccc1SCc1cscn1. The van der Waals surface area contributed by atoms with Gasteiger partial charge in [0, 0.05) is 27.0 Å². The highest BCUT2D eigenvalue weighted by Gasteiger charge is 2.14. The van der Waals surface area contributed by atoms with Gasteiger partial charge in [-0.2, -0.15) is 0 Å². The molecule has 0 spiro atoms. The molecule has 0 fully saturated rings. The fraction of sp³-hybridized carbons (Fsp3) is 0.0500. The molecule has 0 saturated heterocycles. The van der Waals surface area contributed by atoms with Crippen LogP contribution >= 0.6 is 34.4 Å². The second kappa shape index (κ2) is 8.64. The molecule has 0 unspecified atom stereocenters. The monoisotopic (exact) mass is 427 g/mol. The van der Waals surface area contributed by atoms with Crippen LogP contribution in [0.4, 0.5) is 9.52 Å². The predicted molar refractivity (Wildman–Crippen MR) is 114 cm³/mol. The van der Waals surface area contributed by atoms with Crippen molar-refractivity contribution >= 4 is 45.5 Å². The number of halogens is 1. The van der Waals surface area contributed by atoms with Crippen LogP contribution in [0.15, 0.2) is 69.7 Å². The topological polar surface area (TPSA) is 54.9 Å². The summed E-state index contributed by atoms with van der Waals surface area (Å²) in [5.41, 5.74) is 4.90. The number of thioether (sulfide) groups is 1. The van der Waals surface area contributed by atoms with Crippen LogP contribution in [0.2, 0.25) is 0 Å². The van der Waals surface area contributed by atoms with E-state index in [0.29, 0.717) is 22.1 Å². The zero-order chi connectivity index (χ0) is 19.3. The van der Waals surface area contributed by atoms with Crippen molar-refractivity contribution in [3.05, 3.63) is 81.9 Å². The quantitative estimate of drug-likeness (QED) is 0.386. The van der Waals surface area contributed by atoms with Crippen molar-refractivity contribution in [1.82, 2.24) is 9.97 Å². The van der Waals surface area contributed by atoms with Crippen LogP contribution in [-0.4, -0.2) is 15.9 Å². The highest BCUT2D eigenvalue weighted by atomic mass is 32.2. The van der Waals surface area contributed by atoms with Gasteiger partial charge in [0.15, 0.2) is 5.13 Å². The number of hydrogen-bond donors (Lipinski definition) is 1. The first-order valence-electron chi connectivity index (χ1n) is 8.31. The molecular weight excluding hydrogens is 413 g/mol. The third-order valence-electron chi connectivity index (χ3n) is 3.86. The fourth-order valence-electron chi connectivity index (χ4n) is 2.49. The van der Waals surface area contributed by atoms with E-state index in [1.54, 1.807) is 46.8 Å². The molecule has 8 heteroatoms. The minimum Gasteiger partial charge on any atom is -0.298 e. The maximum atomic E-state index is 13.1. The summed E-state index contributed by atoms with van der Waals surface area (Å²) in [6.07, 6.45) is 0. The molecule has 2 aromatic carbocycles. The third kappa shape index (κ3) is 4.46. The molecule has 0 aliphatic rings. The van der Waals surface area contributed by atoms with Crippen molar-refractivity contribution in [3.8, 4) is 11.3 Å². The third-order valence-corrected chi connectivity index (χ3v) is 6.36. The first kappa shape index (κ1) is 18.8. The van der Waals surface area contributed by atoms with Crippen LogP contribution in [0.25, 0.3) is 11.3 Å². The van der Waals surface area contributed by atoms with E-state index in [4.69, 9.17) is 0 Å². The number of amides is 1. The lowest BCUT2D eigenvalue weighted by molar-refractivity contribution is 0.102. The minimum atomic E-state index is -0.292. The van der Waals surface area contributed by atoms with E-state index in [2.05, 4.69) is 15.3 Å². The number of benzene rings is 2. The molecule has 0 atom stereocenters. The van der Waals surface area contributed by atoms with Crippen LogP contribution < -0.4 is 5.32 Å². The molecule has 0 bridgehead atoms. The van der Waals surface area contributed by atoms with Crippen molar-refractivity contribution < 1.29 is 9.18 Å². The number of rotatable bonds is 6. The number of hydrogen-bond acceptors (Lipinski definition) is 6. The Kier molecular flexibility index (Phi) is 5.80. The van der Waals surface area contributed by atoms with Crippen LogP contribution in [0.1, 0.15) is 16.1 Å². The molecule has 140 valence electrons. The van der Waals surface area contributed by atoms with Gasteiger partial charge < -0.3 is 0 Å². The van der Waals surface area contributed by atoms with Crippen molar-refractivity contribution in [2.45, 2.75) is 10.6 Å². The Bertz CT molecular complexity index is 1080. The summed E-state index contributed by atoms with van der Waals surface area (Å²) < 4.78 is 13.1. The molecule has 1 amide bonds. The predicted octanol–water partition coefficient (Wildman–Crippen LogP) is 5.95. The number of aromatic nitrogens is 2. The van der Waals surface area contributed by atoms with Gasteiger partial charge in [0.25, 0.3) is 5.91 Å². The summed E-state index contributed by atoms with van der Waals surface area (Å²) in [7, 11) is 0. The first-order chi connectivity index (χ1) is 13.7. The summed E-state index contributed by atoms with van der Waals surface area (Å²) in [5, 5.41) is 7.21. The Morgan fingerprint density at radius 2 is 1.93 bits per heavy atom. The molecule has 0 aliphatic carbocycles. The van der Waals surface area contributed by atoms with E-state index >= 15 is 0 Å². The van der Waals surface area contributed by atoms with Gasteiger partial charge >= 0.3 is 0 Å². The molecule has 2 aromatic heterocycles. The summed E-state index contributed by atoms with van der Waals surface area (Å²) in [5.74, 6) is 0.209. The number of nitrogens with zero attached hydrogens (tertiary/aromatic N) is 2. The Morgan fingerprint density at radius 3 is 2.71 bits per heavy atom. The first-order valence-corrected chi connectivity index (χ1v) is 11.1. The minimum absolute atomic E-state index is 0.207. The summed E-state index contributed by atoms with van der Waals surface area (Å²) >= 11 is 4.47. The lowest BCUT2D eigenvalue weighted by Crippen LogP contribution is -2.12. The highest BCUT2D eigenvalue weighted by Crippen LogP contribution is 2.29. The van der Waals surface area contributed by atoms with Crippen molar-refractivity contribution in [1.29, 1.82) is 0 Å². The Balaban J connectivity index is 1.47. The standard InChI is InChI=1S/C20H14FN3OS3/c21-14-7-5-13(6-8-14)17-11-28-20(23-17)24-19(25)16-3-1-2-4-18(16)27-10-15-9-26-12-22-15/h1-9,11-12H,10H2,(H,23,24,25). The van der Waals surface area contributed by atoms with Gasteiger partial charge in [0.2, 0.25) is 0 Å². The Hall–Kier alpha value is -2.55. The second-order valence-electron chi connectivity index (χ2n) is 5.76. The van der Waals surface area contributed by atoms with E-state index < -0.39 is 0 Å². The van der Waals surface area contributed by atoms with Gasteiger partial charge in [-0.05, 0) is 36.4 Å². The fourth-order valence-corrected chi connectivity index (χ4v) is 4.82. The van der Waals surface area contributed by atoms with Gasteiger partial charge in [-0.3, -0.25) is 10.1 Å². The molecule has 1 N–H and O–H groups in total. The zero-order valence-corrected chi connectivity index (χ0v) is 16.9. The average molecular weight is 428 g/mol. The average Bonchev–Trinajstić information content (AvgIpc) is 3.39. The van der Waals surface area contributed by atoms with Crippen LogP contribution in [0.3, 0.4) is 0 Å². The summed E-state index contributed by atoms with van der Waals surface area (Å²) in [6, 6.07) is 13.6. The van der Waals surface area contributed by atoms with Crippen molar-refractivity contribution in [2.75, 3.05) is 5.32 Å². The van der Waals surface area contributed by atoms with Crippen molar-refractivity contribution in [3.63, 3.8) is 0 Å². The maximum absolute atomic E-state index is 13.1. The Morgan fingerprint density at radius 1 is 1.11 bits per heavy atom. The summed E-state index contributed by atoms with van der Waals surface area (Å²) in [4.78, 5) is 22.4. The normalized spacial score (nSPS) is 10.8. The van der Waals surface area contributed by atoms with E-state index in [0.717, 1.165) is 16.2 Å². The Labute approximate surface area is 173 Å². The molecule has 0 aliphatic heterocycles. The number of nitrogens with one attached hydrogen (secondary N) is 1. The molecule has 0 saturated carbocycles. The van der Waals surface area contributed by atoms with Crippen molar-refractivity contribution in [2.24, 2.45) is 0 Å². The molecule has 4 aromatic rings. The number of carbonyl (C=O) groups is 1. The molecule has 2 heterocycles. The smallest absolute Gasteiger partial charge is 0.258 e. The maximum Gasteiger partial charge on any atom is 0.258 e. The van der Waals surface area contributed by atoms with Crippen LogP contribution in [-0.2, 0) is 5.75 Å². The molecule has 4 nitrogen and oxygen atoms in total. The van der Waals surface area contributed by atoms with E-state index in [-0.39, 0.29) is 11.7 Å². The molecule has 4 rings (SSSR count). The van der Waals surface area contributed by atoms with E-state index in [9.17, 15) is 9.18 Å². The van der Waals surface area contributed by atoms with E-state index in [1.807, 2.05) is 29.0 Å². The van der Waals surface area contributed by atoms with Crippen LogP contribution in [0, 0.1) is 5.82 Å². The molecule has 28 heavy (non-hydrogen) atoms. The van der Waals surface area contributed by atoms with Crippen LogP contribution in [0.5, 0.6) is 0 Å². The second-order valence-corrected chi connectivity index (χ2v) is 8.36. The van der Waals surface area contributed by atoms with E-state index in [1.165, 1.54) is 23.5 Å². The number of anilines is 1. The zero-order valence-electron chi connectivity index (χ0n) is 14.5. The number of carbonyl (C=O) groups excluding carboxylic acids is 1. The van der Waals surface area contributed by atoms with Gasteiger partial charge in [0.1, 0.15) is 5.82 Å². The van der Waals surface area contributed by atoms with Gasteiger partial charge in [-0.1, -0.05) is 12.1 Å². The molecular formula is C20H14FN3OS3. The highest BCUT2D eigenvalue weighted by molar-refractivity contribution is 7.98. The summed E-state index contributed by atoms with van der Waals surface area (Å²) in [6.45, 7) is 0. The van der Waals surface area contributed by atoms with Gasteiger partial charge in [-0.25, -0.2) is 14.4 Å². The number of thiazole rings is 2. The molecule has 0 radical (unpaired) electrons. The van der Waals surface area contributed by atoms with Gasteiger partial charge in [-0.15, -0.1) is 34.4 Å².